The van der Waals surface area contributed by atoms with Gasteiger partial charge in [-0.05, 0) is 24.7 Å². The minimum atomic E-state index is 0.639. The average Bonchev–Trinajstić information content (AvgIpc) is 3.02. The van der Waals surface area contributed by atoms with Crippen LogP contribution in [0.2, 0.25) is 0 Å². The molecule has 0 bridgehead atoms. The fraction of sp³-hybridized carbons (Fsp3) is 0.462. The zero-order chi connectivity index (χ0) is 12.8. The molecule has 0 aliphatic heterocycles. The second kappa shape index (κ2) is 6.37. The summed E-state index contributed by atoms with van der Waals surface area (Å²) in [4.78, 5) is 0. The van der Waals surface area contributed by atoms with E-state index < -0.39 is 0 Å². The van der Waals surface area contributed by atoms with Crippen molar-refractivity contribution < 1.29 is 9.15 Å². The third kappa shape index (κ3) is 3.00. The van der Waals surface area contributed by atoms with Gasteiger partial charge in [-0.3, -0.25) is 4.68 Å². The summed E-state index contributed by atoms with van der Waals surface area (Å²) in [5, 5.41) is 7.50. The Kier molecular flexibility index (Phi) is 4.55. The average molecular weight is 249 g/mol. The Labute approximate surface area is 107 Å². The van der Waals surface area contributed by atoms with E-state index in [9.17, 15) is 0 Å². The van der Waals surface area contributed by atoms with Gasteiger partial charge in [-0.25, -0.2) is 0 Å². The highest BCUT2D eigenvalue weighted by atomic mass is 16.5. The molecule has 2 heterocycles. The lowest BCUT2D eigenvalue weighted by atomic mass is 10.3. The fourth-order valence-electron chi connectivity index (χ4n) is 1.76. The first kappa shape index (κ1) is 12.9. The quantitative estimate of drug-likeness (QED) is 0.814. The fourth-order valence-corrected chi connectivity index (χ4v) is 1.76. The molecule has 0 fully saturated rings. The maximum Gasteiger partial charge on any atom is 0.152 e. The lowest BCUT2D eigenvalue weighted by Gasteiger charge is -2.04. The van der Waals surface area contributed by atoms with E-state index in [1.807, 2.05) is 22.9 Å². The van der Waals surface area contributed by atoms with Crippen LogP contribution in [-0.2, 0) is 17.8 Å². The standard InChI is InChI=1S/C13H19N3O2/c1-3-14-10-11-4-5-13(18-11)12-6-7-15-16(12)8-9-17-2/h4-7,14H,3,8-10H2,1-2H3. The van der Waals surface area contributed by atoms with Crippen molar-refractivity contribution in [2.45, 2.75) is 20.0 Å². The van der Waals surface area contributed by atoms with E-state index in [0.717, 1.165) is 36.8 Å². The lowest BCUT2D eigenvalue weighted by molar-refractivity contribution is 0.184. The second-order valence-electron chi connectivity index (χ2n) is 3.98. The van der Waals surface area contributed by atoms with E-state index >= 15 is 0 Å². The molecular formula is C13H19N3O2. The molecule has 5 nitrogen and oxygen atoms in total. The second-order valence-corrected chi connectivity index (χ2v) is 3.98. The number of ether oxygens (including phenoxy) is 1. The molecule has 0 aliphatic rings. The molecule has 0 saturated carbocycles. The normalized spacial score (nSPS) is 11.0. The van der Waals surface area contributed by atoms with Crippen molar-refractivity contribution in [1.29, 1.82) is 0 Å². The van der Waals surface area contributed by atoms with E-state index in [-0.39, 0.29) is 0 Å². The summed E-state index contributed by atoms with van der Waals surface area (Å²) < 4.78 is 12.7. The van der Waals surface area contributed by atoms with E-state index in [4.69, 9.17) is 9.15 Å². The molecule has 5 heteroatoms. The Bertz CT molecular complexity index is 476. The monoisotopic (exact) mass is 249 g/mol. The molecular weight excluding hydrogens is 230 g/mol. The molecule has 2 rings (SSSR count). The van der Waals surface area contributed by atoms with Gasteiger partial charge in [0.05, 0.1) is 19.7 Å². The van der Waals surface area contributed by atoms with Gasteiger partial charge in [0.15, 0.2) is 5.76 Å². The first-order valence-corrected chi connectivity index (χ1v) is 6.15. The number of rotatable bonds is 7. The van der Waals surface area contributed by atoms with Gasteiger partial charge < -0.3 is 14.5 Å². The number of methoxy groups -OCH3 is 1. The van der Waals surface area contributed by atoms with Crippen LogP contribution in [0.1, 0.15) is 12.7 Å². The summed E-state index contributed by atoms with van der Waals surface area (Å²) in [5.74, 6) is 1.78. The van der Waals surface area contributed by atoms with Crippen LogP contribution in [0.5, 0.6) is 0 Å². The van der Waals surface area contributed by atoms with Crippen LogP contribution < -0.4 is 5.32 Å². The van der Waals surface area contributed by atoms with Gasteiger partial charge >= 0.3 is 0 Å². The van der Waals surface area contributed by atoms with Gasteiger partial charge in [0, 0.05) is 13.3 Å². The minimum Gasteiger partial charge on any atom is -0.458 e. The molecule has 0 unspecified atom stereocenters. The van der Waals surface area contributed by atoms with Crippen molar-refractivity contribution in [3.8, 4) is 11.5 Å². The summed E-state index contributed by atoms with van der Waals surface area (Å²) in [6.45, 7) is 5.12. The van der Waals surface area contributed by atoms with Crippen molar-refractivity contribution >= 4 is 0 Å². The topological polar surface area (TPSA) is 52.2 Å². The molecule has 0 aromatic carbocycles. The molecule has 0 spiro atoms. The zero-order valence-corrected chi connectivity index (χ0v) is 10.8. The number of nitrogens with one attached hydrogen (secondary N) is 1. The van der Waals surface area contributed by atoms with E-state index in [1.165, 1.54) is 0 Å². The number of hydrogen-bond acceptors (Lipinski definition) is 4. The van der Waals surface area contributed by atoms with Crippen LogP contribution >= 0.6 is 0 Å². The largest absolute Gasteiger partial charge is 0.458 e. The summed E-state index contributed by atoms with van der Waals surface area (Å²) in [6.07, 6.45) is 1.78. The van der Waals surface area contributed by atoms with Crippen molar-refractivity contribution in [3.63, 3.8) is 0 Å². The van der Waals surface area contributed by atoms with E-state index in [0.29, 0.717) is 6.61 Å². The molecule has 98 valence electrons. The van der Waals surface area contributed by atoms with E-state index in [1.54, 1.807) is 13.3 Å². The molecule has 18 heavy (non-hydrogen) atoms. The van der Waals surface area contributed by atoms with Crippen molar-refractivity contribution in [2.75, 3.05) is 20.3 Å². The summed E-state index contributed by atoms with van der Waals surface area (Å²) in [5.41, 5.74) is 0.981. The van der Waals surface area contributed by atoms with Gasteiger partial charge in [-0.2, -0.15) is 5.10 Å². The van der Waals surface area contributed by atoms with Crippen LogP contribution in [0, 0.1) is 0 Å². The highest BCUT2D eigenvalue weighted by molar-refractivity contribution is 5.52. The van der Waals surface area contributed by atoms with Gasteiger partial charge in [-0.1, -0.05) is 6.92 Å². The van der Waals surface area contributed by atoms with Gasteiger partial charge in [0.25, 0.3) is 0 Å². The van der Waals surface area contributed by atoms with Crippen molar-refractivity contribution in [3.05, 3.63) is 30.2 Å². The van der Waals surface area contributed by atoms with Crippen LogP contribution in [-0.4, -0.2) is 30.0 Å². The lowest BCUT2D eigenvalue weighted by Crippen LogP contribution is -2.10. The highest BCUT2D eigenvalue weighted by Gasteiger charge is 2.09. The van der Waals surface area contributed by atoms with Crippen molar-refractivity contribution in [1.82, 2.24) is 15.1 Å². The summed E-state index contributed by atoms with van der Waals surface area (Å²) >= 11 is 0. The van der Waals surface area contributed by atoms with Gasteiger partial charge in [0.2, 0.25) is 0 Å². The summed E-state index contributed by atoms with van der Waals surface area (Å²) in [7, 11) is 1.69. The number of hydrogen-bond donors (Lipinski definition) is 1. The van der Waals surface area contributed by atoms with Gasteiger partial charge in [-0.15, -0.1) is 0 Å². The van der Waals surface area contributed by atoms with Gasteiger partial charge in [0.1, 0.15) is 11.5 Å². The molecule has 0 amide bonds. The maximum atomic E-state index is 5.79. The molecule has 2 aromatic rings. The molecule has 1 N–H and O–H groups in total. The highest BCUT2D eigenvalue weighted by Crippen LogP contribution is 2.21. The number of aromatic nitrogens is 2. The molecule has 0 radical (unpaired) electrons. The Hall–Kier alpha value is -1.59. The van der Waals surface area contributed by atoms with Crippen LogP contribution in [0.3, 0.4) is 0 Å². The van der Waals surface area contributed by atoms with E-state index in [2.05, 4.69) is 17.3 Å². The molecule has 0 atom stereocenters. The number of nitrogens with zero attached hydrogens (tertiary/aromatic N) is 2. The maximum absolute atomic E-state index is 5.79. The Morgan fingerprint density at radius 2 is 2.28 bits per heavy atom. The Morgan fingerprint density at radius 1 is 1.39 bits per heavy atom. The predicted molar refractivity (Wildman–Crippen MR) is 69.2 cm³/mol. The Morgan fingerprint density at radius 3 is 3.06 bits per heavy atom. The zero-order valence-electron chi connectivity index (χ0n) is 10.8. The molecule has 0 aliphatic carbocycles. The van der Waals surface area contributed by atoms with Crippen LogP contribution in [0.25, 0.3) is 11.5 Å². The SMILES string of the molecule is CCNCc1ccc(-c2ccnn2CCOC)o1. The van der Waals surface area contributed by atoms with Crippen LogP contribution in [0.15, 0.2) is 28.8 Å². The third-order valence-corrected chi connectivity index (χ3v) is 2.69. The first-order valence-electron chi connectivity index (χ1n) is 6.15. The summed E-state index contributed by atoms with van der Waals surface area (Å²) in [6, 6.07) is 5.92. The smallest absolute Gasteiger partial charge is 0.152 e. The molecule has 2 aromatic heterocycles. The first-order chi connectivity index (χ1) is 8.85. The molecule has 0 saturated heterocycles. The minimum absolute atomic E-state index is 0.639. The third-order valence-electron chi connectivity index (χ3n) is 2.69. The number of furan rings is 1. The van der Waals surface area contributed by atoms with Crippen molar-refractivity contribution in [2.24, 2.45) is 0 Å². The van der Waals surface area contributed by atoms with Crippen LogP contribution in [0.4, 0.5) is 0 Å². The Balaban J connectivity index is 2.10. The predicted octanol–water partition coefficient (Wildman–Crippen LogP) is 1.90.